The summed E-state index contributed by atoms with van der Waals surface area (Å²) in [5.74, 6) is 0.628. The van der Waals surface area contributed by atoms with E-state index in [1.54, 1.807) is 0 Å². The summed E-state index contributed by atoms with van der Waals surface area (Å²) >= 11 is 0. The first-order valence-corrected chi connectivity index (χ1v) is 7.99. The Balaban J connectivity index is 0.00000161. The van der Waals surface area contributed by atoms with E-state index in [4.69, 9.17) is 0 Å². The molecule has 3 rings (SSSR count). The average Bonchev–Trinajstić information content (AvgIpc) is 3.13. The van der Waals surface area contributed by atoms with Gasteiger partial charge in [-0.1, -0.05) is 12.8 Å². The molecule has 1 aliphatic carbocycles. The summed E-state index contributed by atoms with van der Waals surface area (Å²) in [7, 11) is 0. The van der Waals surface area contributed by atoms with Crippen LogP contribution in [0.25, 0.3) is 0 Å². The van der Waals surface area contributed by atoms with Crippen LogP contribution in [0.4, 0.5) is 0 Å². The van der Waals surface area contributed by atoms with E-state index < -0.39 is 0 Å². The molecule has 2 amide bonds. The SMILES string of the molecule is Cl.O=C(CNC(=O)[C@@]12CCCC[C@H]1CNC2)N1CCCC1. The largest absolute Gasteiger partial charge is 0.346 e. The van der Waals surface area contributed by atoms with Crippen molar-refractivity contribution in [2.75, 3.05) is 32.7 Å². The number of nitrogens with zero attached hydrogens (tertiary/aromatic N) is 1. The minimum atomic E-state index is -0.246. The van der Waals surface area contributed by atoms with Crippen LogP contribution in [0.5, 0.6) is 0 Å². The fourth-order valence-corrected chi connectivity index (χ4v) is 4.10. The summed E-state index contributed by atoms with van der Waals surface area (Å²) in [6.07, 6.45) is 6.65. The Labute approximate surface area is 132 Å². The molecule has 0 radical (unpaired) electrons. The molecule has 2 atom stereocenters. The zero-order valence-corrected chi connectivity index (χ0v) is 13.3. The molecule has 2 N–H and O–H groups in total. The van der Waals surface area contributed by atoms with Gasteiger partial charge in [0, 0.05) is 19.6 Å². The van der Waals surface area contributed by atoms with Crippen LogP contribution in [-0.4, -0.2) is 49.4 Å². The summed E-state index contributed by atoms with van der Waals surface area (Å²) in [5, 5.41) is 6.29. The van der Waals surface area contributed by atoms with E-state index in [9.17, 15) is 9.59 Å². The Morgan fingerprint density at radius 3 is 2.71 bits per heavy atom. The van der Waals surface area contributed by atoms with Gasteiger partial charge in [0.1, 0.15) is 0 Å². The van der Waals surface area contributed by atoms with Crippen molar-refractivity contribution in [3.05, 3.63) is 0 Å². The van der Waals surface area contributed by atoms with Crippen molar-refractivity contribution in [1.82, 2.24) is 15.5 Å². The quantitative estimate of drug-likeness (QED) is 0.814. The summed E-state index contributed by atoms with van der Waals surface area (Å²) in [6.45, 7) is 3.61. The third-order valence-corrected chi connectivity index (χ3v) is 5.35. The highest BCUT2D eigenvalue weighted by atomic mass is 35.5. The molecule has 2 saturated heterocycles. The molecule has 120 valence electrons. The molecular weight excluding hydrogens is 290 g/mol. The lowest BCUT2D eigenvalue weighted by molar-refractivity contribution is -0.138. The maximum atomic E-state index is 12.6. The monoisotopic (exact) mass is 315 g/mol. The van der Waals surface area contributed by atoms with Crippen LogP contribution in [-0.2, 0) is 9.59 Å². The van der Waals surface area contributed by atoms with Gasteiger partial charge < -0.3 is 15.5 Å². The Hall–Kier alpha value is -0.810. The van der Waals surface area contributed by atoms with Gasteiger partial charge in [-0.3, -0.25) is 9.59 Å². The highest BCUT2D eigenvalue weighted by Gasteiger charge is 2.49. The van der Waals surface area contributed by atoms with E-state index in [2.05, 4.69) is 10.6 Å². The van der Waals surface area contributed by atoms with E-state index in [1.807, 2.05) is 4.90 Å². The first-order valence-electron chi connectivity index (χ1n) is 7.99. The Morgan fingerprint density at radius 2 is 1.95 bits per heavy atom. The van der Waals surface area contributed by atoms with Gasteiger partial charge in [-0.25, -0.2) is 0 Å². The van der Waals surface area contributed by atoms with Gasteiger partial charge in [0.2, 0.25) is 11.8 Å². The fourth-order valence-electron chi connectivity index (χ4n) is 4.10. The third kappa shape index (κ3) is 3.19. The summed E-state index contributed by atoms with van der Waals surface area (Å²) in [4.78, 5) is 26.5. The zero-order valence-electron chi connectivity index (χ0n) is 12.5. The van der Waals surface area contributed by atoms with E-state index in [-0.39, 0.29) is 36.2 Å². The molecule has 2 aliphatic heterocycles. The Bertz CT molecular complexity index is 398. The Kier molecular flexibility index (Phi) is 5.49. The lowest BCUT2D eigenvalue weighted by Crippen LogP contribution is -2.50. The standard InChI is InChI=1S/C15H25N3O2.ClH/c19-13(18-7-3-4-8-18)10-17-14(20)15-6-2-1-5-12(15)9-16-11-15;/h12,16H,1-11H2,(H,17,20);1H/t12-,15+;/m0./s1. The van der Waals surface area contributed by atoms with Crippen LogP contribution in [0.2, 0.25) is 0 Å². The smallest absolute Gasteiger partial charge is 0.241 e. The first-order chi connectivity index (χ1) is 9.72. The van der Waals surface area contributed by atoms with Crippen molar-refractivity contribution in [3.63, 3.8) is 0 Å². The molecule has 21 heavy (non-hydrogen) atoms. The molecule has 0 aromatic heterocycles. The molecule has 3 aliphatic rings. The molecule has 5 nitrogen and oxygen atoms in total. The lowest BCUT2D eigenvalue weighted by Gasteiger charge is -2.37. The van der Waals surface area contributed by atoms with Gasteiger partial charge >= 0.3 is 0 Å². The van der Waals surface area contributed by atoms with E-state index in [1.165, 1.54) is 6.42 Å². The Morgan fingerprint density at radius 1 is 1.19 bits per heavy atom. The lowest BCUT2D eigenvalue weighted by atomic mass is 9.67. The first kappa shape index (κ1) is 16.6. The number of amides is 2. The van der Waals surface area contributed by atoms with Crippen LogP contribution in [0, 0.1) is 11.3 Å². The second-order valence-electron chi connectivity index (χ2n) is 6.50. The van der Waals surface area contributed by atoms with Crippen molar-refractivity contribution in [3.8, 4) is 0 Å². The maximum absolute atomic E-state index is 12.6. The number of hydrogen-bond donors (Lipinski definition) is 2. The third-order valence-electron chi connectivity index (χ3n) is 5.35. The second-order valence-corrected chi connectivity index (χ2v) is 6.50. The van der Waals surface area contributed by atoms with Gasteiger partial charge in [-0.15, -0.1) is 12.4 Å². The summed E-state index contributed by atoms with van der Waals surface area (Å²) in [5.41, 5.74) is -0.246. The molecule has 0 bridgehead atoms. The van der Waals surface area contributed by atoms with Crippen molar-refractivity contribution < 1.29 is 9.59 Å². The molecule has 2 heterocycles. The van der Waals surface area contributed by atoms with E-state index in [0.717, 1.165) is 58.3 Å². The fraction of sp³-hybridized carbons (Fsp3) is 0.867. The van der Waals surface area contributed by atoms with E-state index >= 15 is 0 Å². The minimum Gasteiger partial charge on any atom is -0.346 e. The van der Waals surface area contributed by atoms with Gasteiger partial charge in [-0.05, 0) is 38.1 Å². The molecule has 1 saturated carbocycles. The highest BCUT2D eigenvalue weighted by molar-refractivity contribution is 5.88. The number of nitrogens with one attached hydrogen (secondary N) is 2. The molecule has 0 aromatic carbocycles. The molecule has 0 aromatic rings. The topological polar surface area (TPSA) is 61.4 Å². The number of rotatable bonds is 3. The highest BCUT2D eigenvalue weighted by Crippen LogP contribution is 2.43. The van der Waals surface area contributed by atoms with E-state index in [0.29, 0.717) is 5.92 Å². The van der Waals surface area contributed by atoms with Gasteiger partial charge in [0.15, 0.2) is 0 Å². The van der Waals surface area contributed by atoms with Crippen molar-refractivity contribution in [2.24, 2.45) is 11.3 Å². The second kappa shape index (κ2) is 6.97. The van der Waals surface area contributed by atoms with Crippen LogP contribution in [0.15, 0.2) is 0 Å². The number of fused-ring (bicyclic) bond motifs is 1. The predicted octanol–water partition coefficient (Wildman–Crippen LogP) is 0.927. The van der Waals surface area contributed by atoms with Gasteiger partial charge in [0.05, 0.1) is 12.0 Å². The summed E-state index contributed by atoms with van der Waals surface area (Å²) in [6, 6.07) is 0. The van der Waals surface area contributed by atoms with Crippen LogP contribution >= 0.6 is 12.4 Å². The molecule has 0 unspecified atom stereocenters. The number of likely N-dealkylation sites (tertiary alicyclic amines) is 1. The number of carbonyl (C=O) groups is 2. The number of carbonyl (C=O) groups excluding carboxylic acids is 2. The van der Waals surface area contributed by atoms with Crippen molar-refractivity contribution in [2.45, 2.75) is 38.5 Å². The maximum Gasteiger partial charge on any atom is 0.241 e. The van der Waals surface area contributed by atoms with Crippen LogP contribution in [0.1, 0.15) is 38.5 Å². The number of halogens is 1. The van der Waals surface area contributed by atoms with Crippen molar-refractivity contribution >= 4 is 24.2 Å². The number of hydrogen-bond acceptors (Lipinski definition) is 3. The molecule has 3 fully saturated rings. The summed E-state index contributed by atoms with van der Waals surface area (Å²) < 4.78 is 0. The zero-order chi connectivity index (χ0) is 14.0. The molecule has 0 spiro atoms. The average molecular weight is 316 g/mol. The molecule has 6 heteroatoms. The van der Waals surface area contributed by atoms with Crippen molar-refractivity contribution in [1.29, 1.82) is 0 Å². The van der Waals surface area contributed by atoms with Crippen LogP contribution in [0.3, 0.4) is 0 Å². The molecular formula is C15H26ClN3O2. The normalized spacial score (nSPS) is 31.4. The minimum absolute atomic E-state index is 0. The van der Waals surface area contributed by atoms with Gasteiger partial charge in [-0.2, -0.15) is 0 Å². The van der Waals surface area contributed by atoms with Gasteiger partial charge in [0.25, 0.3) is 0 Å². The predicted molar refractivity (Wildman–Crippen MR) is 83.3 cm³/mol. The van der Waals surface area contributed by atoms with Crippen LogP contribution < -0.4 is 10.6 Å².